The van der Waals surface area contributed by atoms with Gasteiger partial charge in [0.15, 0.2) is 6.10 Å². The van der Waals surface area contributed by atoms with Crippen LogP contribution in [0.3, 0.4) is 0 Å². The van der Waals surface area contributed by atoms with Gasteiger partial charge in [-0.1, -0.05) is 47.1 Å². The fourth-order valence-electron chi connectivity index (χ4n) is 3.83. The predicted molar refractivity (Wildman–Crippen MR) is 114 cm³/mol. The summed E-state index contributed by atoms with van der Waals surface area (Å²) in [5.74, 6) is 1.61. The summed E-state index contributed by atoms with van der Waals surface area (Å²) in [6, 6.07) is 14.0. The van der Waals surface area contributed by atoms with Crippen molar-refractivity contribution in [2.45, 2.75) is 52.2 Å². The summed E-state index contributed by atoms with van der Waals surface area (Å²) in [4.78, 5) is 18.8. The monoisotopic (exact) mass is 405 g/mol. The number of carbonyl (C=O) groups excluding carboxylic acids is 1. The fourth-order valence-corrected chi connectivity index (χ4v) is 3.83. The molecule has 1 heterocycles. The van der Waals surface area contributed by atoms with E-state index in [0.717, 1.165) is 30.6 Å². The van der Waals surface area contributed by atoms with E-state index in [-0.39, 0.29) is 12.5 Å². The molecule has 0 saturated heterocycles. The van der Waals surface area contributed by atoms with E-state index in [2.05, 4.69) is 16.2 Å². The maximum atomic E-state index is 12.8. The van der Waals surface area contributed by atoms with Gasteiger partial charge in [0.25, 0.3) is 5.91 Å². The first-order chi connectivity index (χ1) is 14.5. The summed E-state index contributed by atoms with van der Waals surface area (Å²) in [5, 5.41) is 4.03. The Kier molecular flexibility index (Phi) is 5.84. The molecule has 6 nitrogen and oxygen atoms in total. The Morgan fingerprint density at radius 2 is 1.93 bits per heavy atom. The number of hydrogen-bond acceptors (Lipinski definition) is 5. The molecule has 30 heavy (non-hydrogen) atoms. The first kappa shape index (κ1) is 20.1. The Morgan fingerprint density at radius 3 is 2.73 bits per heavy atom. The molecule has 0 saturated carbocycles. The summed E-state index contributed by atoms with van der Waals surface area (Å²) in [6.45, 7) is 4.05. The van der Waals surface area contributed by atoms with Gasteiger partial charge in [0.1, 0.15) is 5.75 Å². The number of ether oxygens (including phenoxy) is 1. The molecule has 1 aliphatic rings. The summed E-state index contributed by atoms with van der Waals surface area (Å²) < 4.78 is 11.4. The predicted octanol–water partition coefficient (Wildman–Crippen LogP) is 4.35. The average Bonchev–Trinajstić information content (AvgIpc) is 3.22. The van der Waals surface area contributed by atoms with Crippen LogP contribution in [0.2, 0.25) is 0 Å². The highest BCUT2D eigenvalue weighted by atomic mass is 16.5. The van der Waals surface area contributed by atoms with Crippen LogP contribution in [0.25, 0.3) is 11.4 Å². The van der Waals surface area contributed by atoms with E-state index in [0.29, 0.717) is 11.7 Å². The molecule has 1 aliphatic carbocycles. The van der Waals surface area contributed by atoms with E-state index >= 15 is 0 Å². The zero-order valence-corrected chi connectivity index (χ0v) is 17.7. The van der Waals surface area contributed by atoms with Gasteiger partial charge >= 0.3 is 0 Å². The van der Waals surface area contributed by atoms with Crippen LogP contribution in [0.1, 0.15) is 42.3 Å². The topological polar surface area (TPSA) is 68.5 Å². The van der Waals surface area contributed by atoms with Crippen molar-refractivity contribution in [1.82, 2.24) is 15.0 Å². The van der Waals surface area contributed by atoms with Gasteiger partial charge in [0.2, 0.25) is 11.7 Å². The molecule has 2 aromatic carbocycles. The van der Waals surface area contributed by atoms with E-state index in [1.54, 1.807) is 18.9 Å². The third-order valence-electron chi connectivity index (χ3n) is 5.53. The van der Waals surface area contributed by atoms with Crippen molar-refractivity contribution in [2.24, 2.45) is 0 Å². The van der Waals surface area contributed by atoms with Crippen molar-refractivity contribution < 1.29 is 14.1 Å². The van der Waals surface area contributed by atoms with E-state index < -0.39 is 6.10 Å². The van der Waals surface area contributed by atoms with Gasteiger partial charge in [-0.15, -0.1) is 0 Å². The van der Waals surface area contributed by atoms with E-state index in [4.69, 9.17) is 9.26 Å². The highest BCUT2D eigenvalue weighted by Crippen LogP contribution is 2.30. The second-order valence-corrected chi connectivity index (χ2v) is 7.93. The van der Waals surface area contributed by atoms with E-state index in [1.165, 1.54) is 23.1 Å². The Labute approximate surface area is 176 Å². The molecule has 1 aromatic heterocycles. The van der Waals surface area contributed by atoms with Crippen molar-refractivity contribution in [2.75, 3.05) is 7.05 Å². The van der Waals surface area contributed by atoms with Crippen molar-refractivity contribution >= 4 is 5.91 Å². The van der Waals surface area contributed by atoms with Gasteiger partial charge < -0.3 is 14.2 Å². The minimum absolute atomic E-state index is 0.126. The van der Waals surface area contributed by atoms with Gasteiger partial charge in [-0.2, -0.15) is 4.98 Å². The lowest BCUT2D eigenvalue weighted by molar-refractivity contribution is -0.137. The summed E-state index contributed by atoms with van der Waals surface area (Å²) in [6.07, 6.45) is 3.86. The van der Waals surface area contributed by atoms with Gasteiger partial charge in [-0.05, 0) is 56.7 Å². The molecule has 4 rings (SSSR count). The molecular formula is C24H27N3O3. The smallest absolute Gasteiger partial charge is 0.263 e. The Bertz CT molecular complexity index is 1030. The molecule has 0 radical (unpaired) electrons. The van der Waals surface area contributed by atoms with Crippen molar-refractivity contribution in [3.63, 3.8) is 0 Å². The van der Waals surface area contributed by atoms with E-state index in [1.807, 2.05) is 43.3 Å². The number of amides is 1. The van der Waals surface area contributed by atoms with Crippen molar-refractivity contribution in [3.05, 3.63) is 65.0 Å². The molecule has 1 unspecified atom stereocenters. The highest BCUT2D eigenvalue weighted by molar-refractivity contribution is 5.80. The molecule has 0 aliphatic heterocycles. The van der Waals surface area contributed by atoms with Crippen LogP contribution in [-0.4, -0.2) is 34.1 Å². The third-order valence-corrected chi connectivity index (χ3v) is 5.53. The van der Waals surface area contributed by atoms with Crippen molar-refractivity contribution in [1.29, 1.82) is 0 Å². The molecule has 156 valence electrons. The summed E-state index contributed by atoms with van der Waals surface area (Å²) in [5.41, 5.74) is 4.63. The van der Waals surface area contributed by atoms with Crippen LogP contribution in [0, 0.1) is 6.92 Å². The second-order valence-electron chi connectivity index (χ2n) is 7.93. The zero-order chi connectivity index (χ0) is 21.1. The number of carbonyl (C=O) groups is 1. The molecule has 0 bridgehead atoms. The minimum atomic E-state index is -0.595. The first-order valence-corrected chi connectivity index (χ1v) is 10.4. The second kappa shape index (κ2) is 8.69. The van der Waals surface area contributed by atoms with Gasteiger partial charge in [-0.25, -0.2) is 0 Å². The molecular weight excluding hydrogens is 378 g/mol. The van der Waals surface area contributed by atoms with Gasteiger partial charge in [0.05, 0.1) is 6.54 Å². The normalized spacial score (nSPS) is 14.1. The van der Waals surface area contributed by atoms with Crippen LogP contribution in [-0.2, 0) is 24.2 Å². The highest BCUT2D eigenvalue weighted by Gasteiger charge is 2.23. The van der Waals surface area contributed by atoms with Crippen LogP contribution in [0.5, 0.6) is 5.75 Å². The summed E-state index contributed by atoms with van der Waals surface area (Å²) in [7, 11) is 1.72. The third kappa shape index (κ3) is 4.37. The Hall–Kier alpha value is -3.15. The first-order valence-electron chi connectivity index (χ1n) is 10.4. The maximum Gasteiger partial charge on any atom is 0.263 e. The number of aromatic nitrogens is 2. The minimum Gasteiger partial charge on any atom is -0.481 e. The Balaban J connectivity index is 1.40. The lowest BCUT2D eigenvalue weighted by Crippen LogP contribution is -2.37. The number of rotatable bonds is 6. The molecule has 3 aromatic rings. The average molecular weight is 405 g/mol. The standard InChI is InChI=1S/C24H27N3O3/c1-16-11-13-19(14-12-16)23-25-22(30-26-23)15-27(3)24(28)17(2)29-21-10-6-8-18-7-4-5-9-20(18)21/h6,8,10-14,17H,4-5,7,9,15H2,1-3H3. The molecule has 0 fully saturated rings. The van der Waals surface area contributed by atoms with Crippen LogP contribution < -0.4 is 4.74 Å². The van der Waals surface area contributed by atoms with E-state index in [9.17, 15) is 4.79 Å². The lowest BCUT2D eigenvalue weighted by atomic mass is 9.91. The number of aryl methyl sites for hydroxylation is 2. The van der Waals surface area contributed by atoms with Crippen LogP contribution in [0.4, 0.5) is 0 Å². The molecule has 0 spiro atoms. The molecule has 6 heteroatoms. The van der Waals surface area contributed by atoms with Crippen molar-refractivity contribution in [3.8, 4) is 17.1 Å². The largest absolute Gasteiger partial charge is 0.481 e. The van der Waals surface area contributed by atoms with Gasteiger partial charge in [0, 0.05) is 12.6 Å². The van der Waals surface area contributed by atoms with Crippen LogP contribution >= 0.6 is 0 Å². The fraction of sp³-hybridized carbons (Fsp3) is 0.375. The Morgan fingerprint density at radius 1 is 1.17 bits per heavy atom. The number of nitrogens with zero attached hydrogens (tertiary/aromatic N) is 3. The SMILES string of the molecule is Cc1ccc(-c2noc(CN(C)C(=O)C(C)Oc3cccc4c3CCCC4)n2)cc1. The maximum absolute atomic E-state index is 12.8. The number of hydrogen-bond donors (Lipinski definition) is 0. The van der Waals surface area contributed by atoms with Gasteiger partial charge in [-0.3, -0.25) is 4.79 Å². The lowest BCUT2D eigenvalue weighted by Gasteiger charge is -2.24. The zero-order valence-electron chi connectivity index (χ0n) is 17.7. The molecule has 1 atom stereocenters. The number of likely N-dealkylation sites (N-methyl/N-ethyl adjacent to an activating group) is 1. The molecule has 0 N–H and O–H groups in total. The number of benzene rings is 2. The summed E-state index contributed by atoms with van der Waals surface area (Å²) >= 11 is 0. The van der Waals surface area contributed by atoms with Crippen LogP contribution in [0.15, 0.2) is 47.0 Å². The quantitative estimate of drug-likeness (QED) is 0.610. The number of fused-ring (bicyclic) bond motifs is 1. The molecule has 1 amide bonds.